The number of fused-ring (bicyclic) bond motifs is 2. The lowest BCUT2D eigenvalue weighted by molar-refractivity contribution is -0.275. The highest BCUT2D eigenvalue weighted by Crippen LogP contribution is 2.31. The molecule has 1 saturated heterocycles. The predicted octanol–water partition coefficient (Wildman–Crippen LogP) is 2.87. The third-order valence-corrected chi connectivity index (χ3v) is 3.46. The van der Waals surface area contributed by atoms with Crippen LogP contribution in [0, 0.1) is 5.82 Å². The Labute approximate surface area is 118 Å². The van der Waals surface area contributed by atoms with E-state index in [9.17, 15) is 17.6 Å². The van der Waals surface area contributed by atoms with E-state index in [-0.39, 0.29) is 12.1 Å². The number of hydrogen-bond acceptors (Lipinski definition) is 3. The first-order chi connectivity index (χ1) is 9.90. The van der Waals surface area contributed by atoms with Gasteiger partial charge in [-0.25, -0.2) is 4.39 Å². The van der Waals surface area contributed by atoms with E-state index in [0.717, 1.165) is 17.7 Å². The second kappa shape index (κ2) is 5.31. The molecule has 114 valence electrons. The summed E-state index contributed by atoms with van der Waals surface area (Å²) in [6.07, 6.45) is -2.32. The number of hydrogen-bond donors (Lipinski definition) is 1. The third-order valence-electron chi connectivity index (χ3n) is 3.46. The molecular weight excluding hydrogens is 290 g/mol. The fraction of sp³-hybridized carbons (Fsp3) is 0.429. The zero-order valence-electron chi connectivity index (χ0n) is 10.9. The molecular formula is C14H13F4NO2. The first kappa shape index (κ1) is 14.3. The molecule has 2 heterocycles. The van der Waals surface area contributed by atoms with Crippen LogP contribution in [0.5, 0.6) is 5.75 Å². The van der Waals surface area contributed by atoms with Crippen LogP contribution in [0.2, 0.25) is 0 Å². The highest BCUT2D eigenvalue weighted by atomic mass is 19.4. The summed E-state index contributed by atoms with van der Waals surface area (Å²) < 4.78 is 59.1. The van der Waals surface area contributed by atoms with Crippen LogP contribution in [0.15, 0.2) is 24.3 Å². The van der Waals surface area contributed by atoms with Crippen molar-refractivity contribution >= 4 is 5.57 Å². The molecule has 0 aliphatic carbocycles. The lowest BCUT2D eigenvalue weighted by atomic mass is 9.91. The van der Waals surface area contributed by atoms with Crippen LogP contribution in [-0.4, -0.2) is 31.7 Å². The molecule has 0 spiro atoms. The second-order valence-corrected chi connectivity index (χ2v) is 5.10. The van der Waals surface area contributed by atoms with Crippen molar-refractivity contribution in [2.24, 2.45) is 0 Å². The maximum absolute atomic E-state index is 13.7. The lowest BCUT2D eigenvalue weighted by Gasteiger charge is -2.35. The summed E-state index contributed by atoms with van der Waals surface area (Å²) in [5.74, 6) is -1.84. The van der Waals surface area contributed by atoms with Crippen LogP contribution in [0.4, 0.5) is 17.6 Å². The molecule has 1 N–H and O–H groups in total. The molecule has 2 aliphatic rings. The fourth-order valence-corrected chi connectivity index (χ4v) is 2.65. The largest absolute Gasteiger partial charge is 0.573 e. The Morgan fingerprint density at radius 3 is 2.71 bits per heavy atom. The van der Waals surface area contributed by atoms with Crippen molar-refractivity contribution in [2.45, 2.75) is 24.9 Å². The Morgan fingerprint density at radius 2 is 2.05 bits per heavy atom. The molecule has 7 heteroatoms. The van der Waals surface area contributed by atoms with Gasteiger partial charge >= 0.3 is 6.36 Å². The van der Waals surface area contributed by atoms with Crippen LogP contribution in [0.25, 0.3) is 5.57 Å². The molecule has 0 radical (unpaired) electrons. The van der Waals surface area contributed by atoms with Crippen molar-refractivity contribution < 1.29 is 27.0 Å². The first-order valence-electron chi connectivity index (χ1n) is 6.51. The number of morpholine rings is 1. The van der Waals surface area contributed by atoms with Crippen LogP contribution in [0.1, 0.15) is 12.0 Å². The predicted molar refractivity (Wildman–Crippen MR) is 67.2 cm³/mol. The van der Waals surface area contributed by atoms with Gasteiger partial charge in [-0.3, -0.25) is 0 Å². The average molecular weight is 303 g/mol. The summed E-state index contributed by atoms with van der Waals surface area (Å²) in [7, 11) is 0. The number of alkyl halides is 3. The summed E-state index contributed by atoms with van der Waals surface area (Å²) in [6.45, 7) is 1.11. The van der Waals surface area contributed by atoms with Crippen LogP contribution in [-0.2, 0) is 4.74 Å². The van der Waals surface area contributed by atoms with Crippen LogP contribution < -0.4 is 10.1 Å². The minimum absolute atomic E-state index is 0.0571. The summed E-state index contributed by atoms with van der Waals surface area (Å²) in [6, 6.07) is 3.74. The van der Waals surface area contributed by atoms with E-state index in [4.69, 9.17) is 4.74 Å². The van der Waals surface area contributed by atoms with E-state index < -0.39 is 17.9 Å². The van der Waals surface area contributed by atoms with Gasteiger partial charge < -0.3 is 14.8 Å². The normalized spacial score (nSPS) is 25.4. The highest BCUT2D eigenvalue weighted by Gasteiger charge is 2.32. The Balaban J connectivity index is 1.83. The van der Waals surface area contributed by atoms with Crippen molar-refractivity contribution in [3.63, 3.8) is 0 Å². The van der Waals surface area contributed by atoms with Crippen LogP contribution >= 0.6 is 0 Å². The Hall–Kier alpha value is -1.60. The van der Waals surface area contributed by atoms with Gasteiger partial charge in [0.05, 0.1) is 13.2 Å². The summed E-state index contributed by atoms with van der Waals surface area (Å²) >= 11 is 0. The maximum Gasteiger partial charge on any atom is 0.573 e. The molecule has 0 saturated carbocycles. The number of nitrogens with one attached hydrogen (secondary N) is 1. The van der Waals surface area contributed by atoms with Gasteiger partial charge in [0, 0.05) is 12.1 Å². The van der Waals surface area contributed by atoms with E-state index in [0.29, 0.717) is 25.2 Å². The van der Waals surface area contributed by atoms with Gasteiger partial charge in [0.1, 0.15) is 0 Å². The number of benzene rings is 1. The zero-order valence-corrected chi connectivity index (χ0v) is 10.9. The lowest BCUT2D eigenvalue weighted by Crippen LogP contribution is -2.50. The second-order valence-electron chi connectivity index (χ2n) is 5.10. The molecule has 2 bridgehead atoms. The summed E-state index contributed by atoms with van der Waals surface area (Å²) in [5, 5.41) is 3.34. The van der Waals surface area contributed by atoms with E-state index >= 15 is 0 Å². The molecule has 0 amide bonds. The van der Waals surface area contributed by atoms with Gasteiger partial charge in [0.25, 0.3) is 0 Å². The molecule has 2 atom stereocenters. The van der Waals surface area contributed by atoms with E-state index in [1.165, 1.54) is 6.07 Å². The molecule has 3 nitrogen and oxygen atoms in total. The first-order valence-corrected chi connectivity index (χ1v) is 6.51. The number of halogens is 4. The minimum atomic E-state index is -4.90. The summed E-state index contributed by atoms with van der Waals surface area (Å²) in [4.78, 5) is 0. The van der Waals surface area contributed by atoms with Crippen molar-refractivity contribution in [2.75, 3.05) is 13.2 Å². The quantitative estimate of drug-likeness (QED) is 0.852. The molecule has 1 fully saturated rings. The standard InChI is InChI=1S/C14H13F4NO2/c15-12-5-8(1-2-13(12)21-14(16,17)18)9-3-10-6-20-7-11(4-9)19-10/h1-3,5,10-11,19H,4,6-7H2. The molecule has 1 aromatic rings. The Kier molecular flexibility index (Phi) is 3.62. The molecule has 2 aliphatic heterocycles. The Morgan fingerprint density at radius 1 is 1.24 bits per heavy atom. The van der Waals surface area contributed by atoms with Gasteiger partial charge in [0.15, 0.2) is 11.6 Å². The van der Waals surface area contributed by atoms with E-state index in [1.54, 1.807) is 0 Å². The number of ether oxygens (including phenoxy) is 2. The van der Waals surface area contributed by atoms with Gasteiger partial charge in [-0.1, -0.05) is 12.1 Å². The topological polar surface area (TPSA) is 30.5 Å². The molecule has 3 rings (SSSR count). The minimum Gasteiger partial charge on any atom is -0.403 e. The smallest absolute Gasteiger partial charge is 0.403 e. The van der Waals surface area contributed by atoms with Gasteiger partial charge in [0.2, 0.25) is 0 Å². The van der Waals surface area contributed by atoms with Crippen molar-refractivity contribution in [3.05, 3.63) is 35.7 Å². The average Bonchev–Trinajstić information content (AvgIpc) is 2.39. The van der Waals surface area contributed by atoms with Crippen molar-refractivity contribution in [1.82, 2.24) is 5.32 Å². The number of rotatable bonds is 2. The summed E-state index contributed by atoms with van der Waals surface area (Å²) in [5.41, 5.74) is 1.48. The van der Waals surface area contributed by atoms with Gasteiger partial charge in [-0.15, -0.1) is 13.2 Å². The monoisotopic (exact) mass is 303 g/mol. The SMILES string of the molecule is Fc1cc(C2=CC3COCC(C2)N3)ccc1OC(F)(F)F. The van der Waals surface area contributed by atoms with Crippen molar-refractivity contribution in [1.29, 1.82) is 0 Å². The molecule has 21 heavy (non-hydrogen) atoms. The van der Waals surface area contributed by atoms with Gasteiger partial charge in [-0.05, 0) is 29.7 Å². The third kappa shape index (κ3) is 3.36. The molecule has 2 unspecified atom stereocenters. The van der Waals surface area contributed by atoms with Crippen molar-refractivity contribution in [3.8, 4) is 5.75 Å². The van der Waals surface area contributed by atoms with E-state index in [1.807, 2.05) is 6.08 Å². The highest BCUT2D eigenvalue weighted by molar-refractivity contribution is 5.68. The maximum atomic E-state index is 13.7. The van der Waals surface area contributed by atoms with Gasteiger partial charge in [-0.2, -0.15) is 0 Å². The molecule has 0 aromatic heterocycles. The molecule has 1 aromatic carbocycles. The fourth-order valence-electron chi connectivity index (χ4n) is 2.65. The zero-order chi connectivity index (χ0) is 15.0. The Bertz CT molecular complexity index is 571. The van der Waals surface area contributed by atoms with E-state index in [2.05, 4.69) is 10.1 Å². The van der Waals surface area contributed by atoms with Crippen LogP contribution in [0.3, 0.4) is 0 Å².